The molecule has 0 aliphatic carbocycles. The summed E-state index contributed by atoms with van der Waals surface area (Å²) in [6.45, 7) is 9.05. The summed E-state index contributed by atoms with van der Waals surface area (Å²) in [6.07, 6.45) is 4.81. The monoisotopic (exact) mass is 244 g/mol. The average Bonchev–Trinajstić information content (AvgIpc) is 2.27. The molecule has 1 heteroatoms. The Morgan fingerprint density at radius 1 is 1.06 bits per heavy atom. The molecule has 0 N–H and O–H groups in total. The number of fused-ring (bicyclic) bond motifs is 1. The molecule has 1 aromatic rings. The normalized spacial score (nSPS) is 18.6. The number of benzene rings is 1. The Bertz CT molecular complexity index is 429. The van der Waals surface area contributed by atoms with Crippen LogP contribution in [0.2, 0.25) is 0 Å². The lowest BCUT2D eigenvalue weighted by molar-refractivity contribution is 0.215. The maximum absolute atomic E-state index is 6.08. The number of rotatable bonds is 4. The molecule has 1 nitrogen and oxygen atoms in total. The van der Waals surface area contributed by atoms with Crippen molar-refractivity contribution in [2.75, 3.05) is 0 Å². The van der Waals surface area contributed by atoms with E-state index in [1.807, 2.05) is 0 Å². The summed E-state index contributed by atoms with van der Waals surface area (Å²) in [5, 5.41) is 0. The van der Waals surface area contributed by atoms with Crippen molar-refractivity contribution < 1.29 is 4.74 Å². The van der Waals surface area contributed by atoms with Crippen molar-refractivity contribution >= 4 is 5.57 Å². The third-order valence-corrected chi connectivity index (χ3v) is 3.23. The quantitative estimate of drug-likeness (QED) is 0.730. The molecule has 1 atom stereocenters. The fraction of sp³-hybridized carbons (Fsp3) is 0.529. The highest BCUT2D eigenvalue weighted by atomic mass is 16.5. The van der Waals surface area contributed by atoms with Gasteiger partial charge in [-0.3, -0.25) is 0 Å². The van der Waals surface area contributed by atoms with E-state index in [1.54, 1.807) is 0 Å². The third-order valence-electron chi connectivity index (χ3n) is 3.23. The summed E-state index contributed by atoms with van der Waals surface area (Å²) in [5.74, 6) is 2.40. The Balaban J connectivity index is 2.27. The summed E-state index contributed by atoms with van der Waals surface area (Å²) in [6, 6.07) is 8.42. The summed E-state index contributed by atoms with van der Waals surface area (Å²) in [7, 11) is 0. The SMILES string of the molecule is CC(C)CC1=CC(CC(C)C)Oc2ccccc21. The summed E-state index contributed by atoms with van der Waals surface area (Å²) >= 11 is 0. The van der Waals surface area contributed by atoms with Gasteiger partial charge in [0.1, 0.15) is 11.9 Å². The topological polar surface area (TPSA) is 9.23 Å². The van der Waals surface area contributed by atoms with Crippen molar-refractivity contribution in [2.45, 2.75) is 46.6 Å². The first-order chi connectivity index (χ1) is 8.56. The molecule has 0 amide bonds. The van der Waals surface area contributed by atoms with E-state index in [0.717, 1.165) is 18.6 Å². The minimum absolute atomic E-state index is 0.244. The average molecular weight is 244 g/mol. The fourth-order valence-electron chi connectivity index (χ4n) is 2.54. The van der Waals surface area contributed by atoms with Gasteiger partial charge in [0.25, 0.3) is 0 Å². The third kappa shape index (κ3) is 3.16. The van der Waals surface area contributed by atoms with Gasteiger partial charge in [-0.05, 0) is 42.4 Å². The van der Waals surface area contributed by atoms with Crippen LogP contribution < -0.4 is 4.74 Å². The van der Waals surface area contributed by atoms with E-state index in [9.17, 15) is 0 Å². The van der Waals surface area contributed by atoms with E-state index in [-0.39, 0.29) is 6.10 Å². The molecule has 2 rings (SSSR count). The standard InChI is InChI=1S/C17H24O/c1-12(2)9-14-11-15(10-13(3)4)18-17-8-6-5-7-16(14)17/h5-8,11-13,15H,9-10H2,1-4H3. The molecule has 98 valence electrons. The first-order valence-electron chi connectivity index (χ1n) is 7.03. The van der Waals surface area contributed by atoms with Gasteiger partial charge >= 0.3 is 0 Å². The maximum Gasteiger partial charge on any atom is 0.127 e. The number of ether oxygens (including phenoxy) is 1. The predicted molar refractivity (Wildman–Crippen MR) is 77.7 cm³/mol. The summed E-state index contributed by atoms with van der Waals surface area (Å²) < 4.78 is 6.08. The maximum atomic E-state index is 6.08. The molecule has 0 aromatic heterocycles. The van der Waals surface area contributed by atoms with Crippen LogP contribution in [0.4, 0.5) is 0 Å². The number of hydrogen-bond acceptors (Lipinski definition) is 1. The molecule has 1 aliphatic heterocycles. The zero-order valence-electron chi connectivity index (χ0n) is 11.9. The van der Waals surface area contributed by atoms with Crippen LogP contribution in [0.3, 0.4) is 0 Å². The first kappa shape index (κ1) is 13.2. The molecular formula is C17H24O. The van der Waals surface area contributed by atoms with E-state index >= 15 is 0 Å². The minimum atomic E-state index is 0.244. The molecule has 0 spiro atoms. The Kier molecular flexibility index (Phi) is 4.11. The van der Waals surface area contributed by atoms with Gasteiger partial charge in [0.15, 0.2) is 0 Å². The largest absolute Gasteiger partial charge is 0.486 e. The predicted octanol–water partition coefficient (Wildman–Crippen LogP) is 4.92. The van der Waals surface area contributed by atoms with Gasteiger partial charge in [-0.25, -0.2) is 0 Å². The van der Waals surface area contributed by atoms with Crippen LogP contribution >= 0.6 is 0 Å². The molecule has 0 radical (unpaired) electrons. The molecule has 0 fully saturated rings. The Morgan fingerprint density at radius 3 is 2.44 bits per heavy atom. The first-order valence-corrected chi connectivity index (χ1v) is 7.03. The highest BCUT2D eigenvalue weighted by Crippen LogP contribution is 2.36. The van der Waals surface area contributed by atoms with Crippen molar-refractivity contribution in [1.29, 1.82) is 0 Å². The lowest BCUT2D eigenvalue weighted by Crippen LogP contribution is -2.21. The minimum Gasteiger partial charge on any atom is -0.486 e. The van der Waals surface area contributed by atoms with Gasteiger partial charge in [-0.1, -0.05) is 45.9 Å². The van der Waals surface area contributed by atoms with Crippen LogP contribution in [0.1, 0.15) is 46.1 Å². The van der Waals surface area contributed by atoms with Crippen LogP contribution in [0.15, 0.2) is 30.3 Å². The van der Waals surface area contributed by atoms with E-state index in [4.69, 9.17) is 4.74 Å². The second-order valence-electron chi connectivity index (χ2n) is 6.07. The van der Waals surface area contributed by atoms with Crippen molar-refractivity contribution in [2.24, 2.45) is 11.8 Å². The van der Waals surface area contributed by atoms with Crippen LogP contribution in [-0.2, 0) is 0 Å². The van der Waals surface area contributed by atoms with Gasteiger partial charge in [0, 0.05) is 5.56 Å². The molecule has 0 saturated heterocycles. The highest BCUT2D eigenvalue weighted by Gasteiger charge is 2.21. The van der Waals surface area contributed by atoms with E-state index < -0.39 is 0 Å². The fourth-order valence-corrected chi connectivity index (χ4v) is 2.54. The smallest absolute Gasteiger partial charge is 0.127 e. The second-order valence-corrected chi connectivity index (χ2v) is 6.07. The highest BCUT2D eigenvalue weighted by molar-refractivity contribution is 5.72. The van der Waals surface area contributed by atoms with Crippen LogP contribution in [0, 0.1) is 11.8 Å². The number of para-hydroxylation sites is 1. The summed E-state index contributed by atoms with van der Waals surface area (Å²) in [4.78, 5) is 0. The van der Waals surface area contributed by atoms with Gasteiger partial charge in [-0.2, -0.15) is 0 Å². The lowest BCUT2D eigenvalue weighted by Gasteiger charge is -2.27. The van der Waals surface area contributed by atoms with Gasteiger partial charge in [0.2, 0.25) is 0 Å². The van der Waals surface area contributed by atoms with Crippen molar-refractivity contribution in [3.05, 3.63) is 35.9 Å². The molecule has 18 heavy (non-hydrogen) atoms. The zero-order chi connectivity index (χ0) is 13.1. The molecule has 1 aliphatic rings. The van der Waals surface area contributed by atoms with Gasteiger partial charge < -0.3 is 4.74 Å². The zero-order valence-corrected chi connectivity index (χ0v) is 11.9. The number of allylic oxidation sites excluding steroid dienone is 1. The Hall–Kier alpha value is -1.24. The van der Waals surface area contributed by atoms with Gasteiger partial charge in [-0.15, -0.1) is 0 Å². The molecule has 1 aromatic carbocycles. The van der Waals surface area contributed by atoms with Crippen LogP contribution in [-0.4, -0.2) is 6.10 Å². The molecular weight excluding hydrogens is 220 g/mol. The molecule has 1 heterocycles. The second kappa shape index (κ2) is 5.60. The van der Waals surface area contributed by atoms with Gasteiger partial charge in [0.05, 0.1) is 0 Å². The molecule has 1 unspecified atom stereocenters. The van der Waals surface area contributed by atoms with Crippen molar-refractivity contribution in [1.82, 2.24) is 0 Å². The molecule has 0 bridgehead atoms. The van der Waals surface area contributed by atoms with E-state index in [0.29, 0.717) is 11.8 Å². The van der Waals surface area contributed by atoms with Crippen LogP contribution in [0.5, 0.6) is 5.75 Å². The van der Waals surface area contributed by atoms with E-state index in [2.05, 4.69) is 58.0 Å². The molecule has 0 saturated carbocycles. The van der Waals surface area contributed by atoms with Crippen molar-refractivity contribution in [3.8, 4) is 5.75 Å². The number of hydrogen-bond donors (Lipinski definition) is 0. The Labute approximate surface area is 111 Å². The lowest BCUT2D eigenvalue weighted by atomic mass is 9.91. The Morgan fingerprint density at radius 2 is 1.78 bits per heavy atom. The summed E-state index contributed by atoms with van der Waals surface area (Å²) in [5.41, 5.74) is 2.74. The van der Waals surface area contributed by atoms with Crippen molar-refractivity contribution in [3.63, 3.8) is 0 Å². The van der Waals surface area contributed by atoms with E-state index in [1.165, 1.54) is 11.1 Å². The van der Waals surface area contributed by atoms with Crippen LogP contribution in [0.25, 0.3) is 5.57 Å².